The maximum Gasteiger partial charge on any atom is 0.0845 e. The zero-order valence-corrected chi connectivity index (χ0v) is 14.5. The molecule has 0 radical (unpaired) electrons. The molecule has 5 nitrogen and oxygen atoms in total. The third kappa shape index (κ3) is 3.47. The van der Waals surface area contributed by atoms with E-state index in [9.17, 15) is 5.11 Å². The lowest BCUT2D eigenvalue weighted by atomic mass is 9.97. The number of benzene rings is 1. The van der Waals surface area contributed by atoms with Gasteiger partial charge in [-0.15, -0.1) is 0 Å². The number of piperidine rings is 1. The van der Waals surface area contributed by atoms with Gasteiger partial charge in [0.1, 0.15) is 0 Å². The molecule has 1 aromatic carbocycles. The summed E-state index contributed by atoms with van der Waals surface area (Å²) >= 11 is 0. The maximum atomic E-state index is 10.6. The Bertz CT molecular complexity index is 700. The zero-order valence-electron chi connectivity index (χ0n) is 14.5. The predicted molar refractivity (Wildman–Crippen MR) is 96.8 cm³/mol. The average Bonchev–Trinajstić information content (AvgIpc) is 2.90. The van der Waals surface area contributed by atoms with Crippen LogP contribution in [0.25, 0.3) is 10.9 Å². The van der Waals surface area contributed by atoms with Crippen molar-refractivity contribution in [1.82, 2.24) is 9.47 Å². The van der Waals surface area contributed by atoms with Crippen molar-refractivity contribution in [3.63, 3.8) is 0 Å². The molecule has 2 heterocycles. The second-order valence-corrected chi connectivity index (χ2v) is 6.98. The molecule has 2 aromatic rings. The highest BCUT2D eigenvalue weighted by atomic mass is 16.4. The van der Waals surface area contributed by atoms with Crippen molar-refractivity contribution >= 4 is 17.1 Å². The molecule has 1 aromatic heterocycles. The number of aromatic nitrogens is 1. The molecule has 0 aliphatic carbocycles. The van der Waals surface area contributed by atoms with Crippen molar-refractivity contribution < 1.29 is 10.3 Å². The van der Waals surface area contributed by atoms with Gasteiger partial charge in [0.05, 0.1) is 12.3 Å². The van der Waals surface area contributed by atoms with Crippen LogP contribution in [0.4, 0.5) is 0 Å². The van der Waals surface area contributed by atoms with Gasteiger partial charge in [-0.25, -0.2) is 0 Å². The maximum absolute atomic E-state index is 10.6. The van der Waals surface area contributed by atoms with Crippen molar-refractivity contribution in [2.75, 3.05) is 6.54 Å². The standard InChI is InChI=1S/C19H27N3O2/c1-14-6-5-7-15(2)22(14)13-17(23)12-21-11-16(10-20-24)18-8-3-4-9-19(18)21/h3-4,8-11,14-15,17,23-24H,5-7,12-13H2,1-2H3/b20-10-/t14-,15-,17+/m1/s1. The Kier molecular flexibility index (Phi) is 5.21. The number of hydrogen-bond acceptors (Lipinski definition) is 4. The topological polar surface area (TPSA) is 61.0 Å². The van der Waals surface area contributed by atoms with E-state index >= 15 is 0 Å². The van der Waals surface area contributed by atoms with Crippen LogP contribution in [0.5, 0.6) is 0 Å². The lowest BCUT2D eigenvalue weighted by Gasteiger charge is -2.40. The first-order valence-electron chi connectivity index (χ1n) is 8.79. The Morgan fingerprint density at radius 2 is 1.92 bits per heavy atom. The Morgan fingerprint density at radius 1 is 1.21 bits per heavy atom. The van der Waals surface area contributed by atoms with E-state index in [2.05, 4.69) is 28.5 Å². The third-order valence-corrected chi connectivity index (χ3v) is 5.22. The second kappa shape index (κ2) is 7.36. The molecule has 0 unspecified atom stereocenters. The Balaban J connectivity index is 1.77. The second-order valence-electron chi connectivity index (χ2n) is 6.98. The van der Waals surface area contributed by atoms with Crippen LogP contribution in [0, 0.1) is 0 Å². The lowest BCUT2D eigenvalue weighted by molar-refractivity contribution is 0.0352. The summed E-state index contributed by atoms with van der Waals surface area (Å²) in [6.07, 6.45) is 6.65. The number of likely N-dealkylation sites (tertiary alicyclic amines) is 1. The van der Waals surface area contributed by atoms with Crippen LogP contribution < -0.4 is 0 Å². The number of hydrogen-bond donors (Lipinski definition) is 2. The number of nitrogens with zero attached hydrogens (tertiary/aromatic N) is 3. The van der Waals surface area contributed by atoms with Gasteiger partial charge < -0.3 is 14.9 Å². The smallest absolute Gasteiger partial charge is 0.0845 e. The number of aliphatic hydroxyl groups is 1. The van der Waals surface area contributed by atoms with Crippen molar-refractivity contribution in [3.8, 4) is 0 Å². The normalized spacial score (nSPS) is 24.0. The van der Waals surface area contributed by atoms with E-state index in [4.69, 9.17) is 5.21 Å². The fourth-order valence-corrected chi connectivity index (χ4v) is 3.95. The molecule has 0 amide bonds. The summed E-state index contributed by atoms with van der Waals surface area (Å²) in [6.45, 7) is 5.74. The van der Waals surface area contributed by atoms with Crippen molar-refractivity contribution in [1.29, 1.82) is 0 Å². The average molecular weight is 329 g/mol. The first kappa shape index (κ1) is 17.0. The number of oxime groups is 1. The van der Waals surface area contributed by atoms with Gasteiger partial charge in [0.15, 0.2) is 0 Å². The highest BCUT2D eigenvalue weighted by molar-refractivity contribution is 5.99. The molecule has 3 rings (SSSR count). The number of β-amino-alcohol motifs (C(OH)–C–C–N with tert-alkyl or cyclic N) is 1. The minimum atomic E-state index is -0.428. The molecule has 1 aliphatic heterocycles. The molecular formula is C19H27N3O2. The molecule has 3 atom stereocenters. The van der Waals surface area contributed by atoms with Crippen LogP contribution in [0.2, 0.25) is 0 Å². The van der Waals surface area contributed by atoms with E-state index in [1.807, 2.05) is 30.5 Å². The number of aliphatic hydroxyl groups excluding tert-OH is 1. The first-order valence-corrected chi connectivity index (χ1v) is 8.79. The molecular weight excluding hydrogens is 302 g/mol. The largest absolute Gasteiger partial charge is 0.411 e. The number of rotatable bonds is 5. The van der Waals surface area contributed by atoms with E-state index in [-0.39, 0.29) is 0 Å². The fraction of sp³-hybridized carbons (Fsp3) is 0.526. The summed E-state index contributed by atoms with van der Waals surface area (Å²) in [7, 11) is 0. The Morgan fingerprint density at radius 3 is 2.62 bits per heavy atom. The van der Waals surface area contributed by atoms with Crippen LogP contribution in [0.15, 0.2) is 35.6 Å². The third-order valence-electron chi connectivity index (χ3n) is 5.22. The molecule has 0 spiro atoms. The van der Waals surface area contributed by atoms with Crippen LogP contribution in [-0.4, -0.2) is 50.7 Å². The Labute approximate surface area is 143 Å². The lowest BCUT2D eigenvalue weighted by Crippen LogP contribution is -2.47. The van der Waals surface area contributed by atoms with E-state index in [0.29, 0.717) is 25.2 Å². The molecule has 130 valence electrons. The summed E-state index contributed by atoms with van der Waals surface area (Å²) in [5.74, 6) is 0. The summed E-state index contributed by atoms with van der Waals surface area (Å²) in [6, 6.07) is 9.05. The first-order chi connectivity index (χ1) is 11.6. The van der Waals surface area contributed by atoms with E-state index in [1.54, 1.807) is 0 Å². The van der Waals surface area contributed by atoms with Gasteiger partial charge in [-0.2, -0.15) is 0 Å². The molecule has 5 heteroatoms. The van der Waals surface area contributed by atoms with Crippen molar-refractivity contribution in [2.45, 2.75) is 57.8 Å². The molecule has 1 saturated heterocycles. The molecule has 0 bridgehead atoms. The highest BCUT2D eigenvalue weighted by Crippen LogP contribution is 2.24. The summed E-state index contributed by atoms with van der Waals surface area (Å²) in [5, 5.41) is 23.7. The van der Waals surface area contributed by atoms with Crippen LogP contribution in [0.1, 0.15) is 38.7 Å². The summed E-state index contributed by atoms with van der Waals surface area (Å²) in [5.41, 5.74) is 1.91. The highest BCUT2D eigenvalue weighted by Gasteiger charge is 2.26. The van der Waals surface area contributed by atoms with Crippen molar-refractivity contribution in [2.24, 2.45) is 5.16 Å². The molecule has 0 saturated carbocycles. The number of para-hydroxylation sites is 1. The van der Waals surface area contributed by atoms with E-state index in [0.717, 1.165) is 16.5 Å². The number of fused-ring (bicyclic) bond motifs is 1. The van der Waals surface area contributed by atoms with Crippen LogP contribution >= 0.6 is 0 Å². The van der Waals surface area contributed by atoms with Gasteiger partial charge in [0.2, 0.25) is 0 Å². The summed E-state index contributed by atoms with van der Waals surface area (Å²) in [4.78, 5) is 2.43. The van der Waals surface area contributed by atoms with Gasteiger partial charge in [0, 0.05) is 47.8 Å². The SMILES string of the molecule is C[C@@H]1CCC[C@@H](C)N1C[C@@H](O)Cn1cc(/C=N\O)c2ccccc21. The van der Waals surface area contributed by atoms with Crippen LogP contribution in [0.3, 0.4) is 0 Å². The molecule has 24 heavy (non-hydrogen) atoms. The van der Waals surface area contributed by atoms with Gasteiger partial charge in [-0.05, 0) is 32.8 Å². The minimum absolute atomic E-state index is 0.428. The molecule has 1 aliphatic rings. The zero-order chi connectivity index (χ0) is 17.1. The van der Waals surface area contributed by atoms with Gasteiger partial charge in [-0.1, -0.05) is 29.8 Å². The minimum Gasteiger partial charge on any atom is -0.411 e. The van der Waals surface area contributed by atoms with Gasteiger partial charge in [-0.3, -0.25) is 4.90 Å². The molecule has 1 fully saturated rings. The fourth-order valence-electron chi connectivity index (χ4n) is 3.95. The van der Waals surface area contributed by atoms with Gasteiger partial charge >= 0.3 is 0 Å². The van der Waals surface area contributed by atoms with E-state index < -0.39 is 6.10 Å². The Hall–Kier alpha value is -1.85. The molecule has 2 N–H and O–H groups in total. The van der Waals surface area contributed by atoms with Crippen molar-refractivity contribution in [3.05, 3.63) is 36.0 Å². The quantitative estimate of drug-likeness (QED) is 0.503. The monoisotopic (exact) mass is 329 g/mol. The summed E-state index contributed by atoms with van der Waals surface area (Å²) < 4.78 is 2.05. The predicted octanol–water partition coefficient (Wildman–Crippen LogP) is 3.07. The van der Waals surface area contributed by atoms with E-state index in [1.165, 1.54) is 25.5 Å². The van der Waals surface area contributed by atoms with Gasteiger partial charge in [0.25, 0.3) is 0 Å². The van der Waals surface area contributed by atoms with Crippen LogP contribution in [-0.2, 0) is 6.54 Å².